The summed E-state index contributed by atoms with van der Waals surface area (Å²) in [4.78, 5) is 25.6. The second kappa shape index (κ2) is 6.27. The van der Waals surface area contributed by atoms with Crippen molar-refractivity contribution < 1.29 is 14.1 Å². The number of amides is 3. The number of fused-ring (bicyclic) bond motifs is 1. The van der Waals surface area contributed by atoms with Crippen molar-refractivity contribution in [3.8, 4) is 0 Å². The minimum absolute atomic E-state index is 0.102. The molecule has 7 heteroatoms. The van der Waals surface area contributed by atoms with Crippen LogP contribution in [0.3, 0.4) is 0 Å². The SMILES string of the molecule is O=C(Cc1noc2ccccc12)Nc1ccc(N2CCNC2=O)cc1. The summed E-state index contributed by atoms with van der Waals surface area (Å²) >= 11 is 0. The first-order valence-corrected chi connectivity index (χ1v) is 7.99. The smallest absolute Gasteiger partial charge is 0.321 e. The van der Waals surface area contributed by atoms with Gasteiger partial charge in [0.1, 0.15) is 5.69 Å². The van der Waals surface area contributed by atoms with Crippen molar-refractivity contribution in [1.29, 1.82) is 0 Å². The summed E-state index contributed by atoms with van der Waals surface area (Å²) in [5.74, 6) is -0.175. The van der Waals surface area contributed by atoms with E-state index < -0.39 is 0 Å². The Bertz CT molecular complexity index is 933. The minimum atomic E-state index is -0.175. The van der Waals surface area contributed by atoms with Crippen molar-refractivity contribution in [1.82, 2.24) is 10.5 Å². The van der Waals surface area contributed by atoms with Crippen LogP contribution in [-0.4, -0.2) is 30.2 Å². The van der Waals surface area contributed by atoms with Gasteiger partial charge in [-0.3, -0.25) is 9.69 Å². The van der Waals surface area contributed by atoms with E-state index in [1.165, 1.54) is 0 Å². The summed E-state index contributed by atoms with van der Waals surface area (Å²) in [6, 6.07) is 14.5. The van der Waals surface area contributed by atoms with Crippen molar-refractivity contribution in [2.45, 2.75) is 6.42 Å². The molecule has 25 heavy (non-hydrogen) atoms. The molecule has 2 heterocycles. The van der Waals surface area contributed by atoms with E-state index in [2.05, 4.69) is 15.8 Å². The highest BCUT2D eigenvalue weighted by atomic mass is 16.5. The lowest BCUT2D eigenvalue weighted by molar-refractivity contribution is -0.115. The molecule has 0 saturated carbocycles. The number of rotatable bonds is 4. The van der Waals surface area contributed by atoms with Crippen LogP contribution >= 0.6 is 0 Å². The molecule has 1 saturated heterocycles. The summed E-state index contributed by atoms with van der Waals surface area (Å²) in [7, 11) is 0. The monoisotopic (exact) mass is 336 g/mol. The van der Waals surface area contributed by atoms with Crippen LogP contribution in [0, 0.1) is 0 Å². The Labute approximate surface area is 143 Å². The predicted molar refractivity (Wildman–Crippen MR) is 93.5 cm³/mol. The maximum atomic E-state index is 12.2. The Balaban J connectivity index is 1.43. The summed E-state index contributed by atoms with van der Waals surface area (Å²) < 4.78 is 5.21. The molecule has 0 atom stereocenters. The zero-order valence-corrected chi connectivity index (χ0v) is 13.4. The fourth-order valence-corrected chi connectivity index (χ4v) is 2.87. The first-order valence-electron chi connectivity index (χ1n) is 7.99. The molecule has 1 aromatic heterocycles. The van der Waals surface area contributed by atoms with Gasteiger partial charge in [0.05, 0.1) is 6.42 Å². The number of urea groups is 1. The Kier molecular flexibility index (Phi) is 3.81. The molecule has 1 fully saturated rings. The highest BCUT2D eigenvalue weighted by molar-refractivity contribution is 5.96. The zero-order chi connectivity index (χ0) is 17.2. The lowest BCUT2D eigenvalue weighted by atomic mass is 10.1. The largest absolute Gasteiger partial charge is 0.356 e. The highest BCUT2D eigenvalue weighted by Gasteiger charge is 2.20. The van der Waals surface area contributed by atoms with Crippen molar-refractivity contribution in [3.05, 3.63) is 54.2 Å². The van der Waals surface area contributed by atoms with Crippen LogP contribution < -0.4 is 15.5 Å². The van der Waals surface area contributed by atoms with E-state index in [-0.39, 0.29) is 18.4 Å². The van der Waals surface area contributed by atoms with Gasteiger partial charge in [-0.2, -0.15) is 0 Å². The number of hydrogen-bond acceptors (Lipinski definition) is 4. The van der Waals surface area contributed by atoms with Crippen LogP contribution in [0.1, 0.15) is 5.69 Å². The predicted octanol–water partition coefficient (Wildman–Crippen LogP) is 2.54. The van der Waals surface area contributed by atoms with Gasteiger partial charge < -0.3 is 15.2 Å². The number of carbonyl (C=O) groups is 2. The molecule has 0 radical (unpaired) electrons. The van der Waals surface area contributed by atoms with Crippen LogP contribution in [-0.2, 0) is 11.2 Å². The number of anilines is 2. The lowest BCUT2D eigenvalue weighted by Crippen LogP contribution is -2.27. The number of carbonyl (C=O) groups excluding carboxylic acids is 2. The van der Waals surface area contributed by atoms with Crippen LogP contribution in [0.5, 0.6) is 0 Å². The van der Waals surface area contributed by atoms with Gasteiger partial charge in [-0.25, -0.2) is 4.79 Å². The van der Waals surface area contributed by atoms with E-state index in [0.717, 1.165) is 11.1 Å². The zero-order valence-electron chi connectivity index (χ0n) is 13.4. The fourth-order valence-electron chi connectivity index (χ4n) is 2.87. The number of hydrogen-bond donors (Lipinski definition) is 2. The van der Waals surface area contributed by atoms with E-state index in [9.17, 15) is 9.59 Å². The molecule has 2 N–H and O–H groups in total. The Morgan fingerprint density at radius 3 is 2.76 bits per heavy atom. The molecule has 3 amide bonds. The second-order valence-corrected chi connectivity index (χ2v) is 5.78. The lowest BCUT2D eigenvalue weighted by Gasteiger charge is -2.14. The van der Waals surface area contributed by atoms with Gasteiger partial charge in [0.2, 0.25) is 5.91 Å². The summed E-state index contributed by atoms with van der Waals surface area (Å²) in [5, 5.41) is 10.4. The molecular formula is C18H16N4O3. The topological polar surface area (TPSA) is 87.5 Å². The molecule has 0 spiro atoms. The molecule has 3 aromatic rings. The fraction of sp³-hybridized carbons (Fsp3) is 0.167. The van der Waals surface area contributed by atoms with Gasteiger partial charge in [0.25, 0.3) is 0 Å². The molecule has 7 nitrogen and oxygen atoms in total. The molecule has 126 valence electrons. The normalized spacial score (nSPS) is 13.9. The van der Waals surface area contributed by atoms with Gasteiger partial charge in [-0.15, -0.1) is 0 Å². The molecule has 0 aliphatic carbocycles. The summed E-state index contributed by atoms with van der Waals surface area (Å²) in [5.41, 5.74) is 2.74. The highest BCUT2D eigenvalue weighted by Crippen LogP contribution is 2.21. The van der Waals surface area contributed by atoms with Gasteiger partial charge in [0, 0.05) is 29.9 Å². The first-order chi connectivity index (χ1) is 12.2. The second-order valence-electron chi connectivity index (χ2n) is 5.78. The van der Waals surface area contributed by atoms with Crippen molar-refractivity contribution in [3.63, 3.8) is 0 Å². The molecule has 1 aliphatic rings. The molecule has 0 unspecified atom stereocenters. The number of para-hydroxylation sites is 1. The average Bonchev–Trinajstić information content (AvgIpc) is 3.22. The van der Waals surface area contributed by atoms with Crippen molar-refractivity contribution in [2.24, 2.45) is 0 Å². The van der Waals surface area contributed by atoms with Gasteiger partial charge in [-0.1, -0.05) is 17.3 Å². The van der Waals surface area contributed by atoms with Gasteiger partial charge in [-0.05, 0) is 36.4 Å². The first kappa shape index (κ1) is 15.2. The Morgan fingerprint density at radius 2 is 2.00 bits per heavy atom. The Hall–Kier alpha value is -3.35. The number of aromatic nitrogens is 1. The quantitative estimate of drug-likeness (QED) is 0.766. The number of nitrogens with zero attached hydrogens (tertiary/aromatic N) is 2. The third kappa shape index (κ3) is 3.03. The molecule has 4 rings (SSSR count). The van der Waals surface area contributed by atoms with Crippen LogP contribution in [0.2, 0.25) is 0 Å². The third-order valence-corrected chi connectivity index (χ3v) is 4.10. The van der Waals surface area contributed by atoms with Crippen LogP contribution in [0.15, 0.2) is 53.1 Å². The van der Waals surface area contributed by atoms with Crippen molar-refractivity contribution >= 4 is 34.3 Å². The molecule has 0 bridgehead atoms. The standard InChI is InChI=1S/C18H16N4O3/c23-17(11-15-14-3-1-2-4-16(14)25-21-15)20-12-5-7-13(8-6-12)22-10-9-19-18(22)24/h1-8H,9-11H2,(H,19,24)(H,20,23). The van der Waals surface area contributed by atoms with Crippen LogP contribution in [0.4, 0.5) is 16.2 Å². The molecule has 2 aromatic carbocycles. The van der Waals surface area contributed by atoms with E-state index in [1.54, 1.807) is 17.0 Å². The third-order valence-electron chi connectivity index (χ3n) is 4.10. The van der Waals surface area contributed by atoms with E-state index in [4.69, 9.17) is 4.52 Å². The summed E-state index contributed by atoms with van der Waals surface area (Å²) in [6.45, 7) is 1.28. The van der Waals surface area contributed by atoms with Crippen molar-refractivity contribution in [2.75, 3.05) is 23.3 Å². The average molecular weight is 336 g/mol. The van der Waals surface area contributed by atoms with E-state index in [0.29, 0.717) is 30.1 Å². The van der Waals surface area contributed by atoms with E-state index >= 15 is 0 Å². The number of benzene rings is 2. The van der Waals surface area contributed by atoms with Crippen LogP contribution in [0.25, 0.3) is 11.0 Å². The summed E-state index contributed by atoms with van der Waals surface area (Å²) in [6.07, 6.45) is 0.132. The maximum absolute atomic E-state index is 12.2. The molecular weight excluding hydrogens is 320 g/mol. The number of nitrogens with one attached hydrogen (secondary N) is 2. The maximum Gasteiger partial charge on any atom is 0.321 e. The van der Waals surface area contributed by atoms with Gasteiger partial charge in [0.15, 0.2) is 5.58 Å². The minimum Gasteiger partial charge on any atom is -0.356 e. The van der Waals surface area contributed by atoms with Gasteiger partial charge >= 0.3 is 6.03 Å². The molecule has 1 aliphatic heterocycles. The Morgan fingerprint density at radius 1 is 1.20 bits per heavy atom. The van der Waals surface area contributed by atoms with E-state index in [1.807, 2.05) is 36.4 Å².